The number of hydrogen-bond acceptors (Lipinski definition) is 5. The van der Waals surface area contributed by atoms with E-state index in [1.807, 2.05) is 13.0 Å². The Morgan fingerprint density at radius 2 is 1.92 bits per heavy atom. The first-order valence-corrected chi connectivity index (χ1v) is 8.46. The molecule has 8 heteroatoms. The molecule has 2 aliphatic heterocycles. The molecule has 3 rings (SSSR count). The van der Waals surface area contributed by atoms with Crippen molar-refractivity contribution in [1.29, 1.82) is 0 Å². The molecule has 2 saturated heterocycles. The lowest BCUT2D eigenvalue weighted by Gasteiger charge is -2.41. The van der Waals surface area contributed by atoms with Gasteiger partial charge in [0.05, 0.1) is 5.56 Å². The monoisotopic (exact) mass is 345 g/mol. The van der Waals surface area contributed by atoms with E-state index in [9.17, 15) is 14.4 Å². The second-order valence-corrected chi connectivity index (χ2v) is 6.49. The summed E-state index contributed by atoms with van der Waals surface area (Å²) < 4.78 is 0. The van der Waals surface area contributed by atoms with Crippen LogP contribution in [0.4, 0.5) is 10.6 Å². The van der Waals surface area contributed by atoms with Crippen LogP contribution in [0.2, 0.25) is 0 Å². The zero-order valence-electron chi connectivity index (χ0n) is 14.8. The van der Waals surface area contributed by atoms with Gasteiger partial charge < -0.3 is 15.1 Å². The maximum Gasteiger partial charge on any atom is 0.327 e. The van der Waals surface area contributed by atoms with Crippen molar-refractivity contribution >= 4 is 23.7 Å². The molecule has 2 aliphatic rings. The molecule has 0 radical (unpaired) electrons. The molecule has 4 amide bonds. The molecule has 0 aliphatic carbocycles. The molecule has 0 atom stereocenters. The van der Waals surface area contributed by atoms with E-state index in [1.165, 1.54) is 11.9 Å². The van der Waals surface area contributed by atoms with Gasteiger partial charge in [-0.15, -0.1) is 0 Å². The van der Waals surface area contributed by atoms with Gasteiger partial charge in [-0.3, -0.25) is 14.5 Å². The highest BCUT2D eigenvalue weighted by Crippen LogP contribution is 2.36. The van der Waals surface area contributed by atoms with Crippen molar-refractivity contribution in [2.75, 3.05) is 38.6 Å². The lowest BCUT2D eigenvalue weighted by Crippen LogP contribution is -2.55. The van der Waals surface area contributed by atoms with Crippen LogP contribution < -0.4 is 10.2 Å². The normalized spacial score (nSPS) is 19.7. The number of likely N-dealkylation sites (N-methyl/N-ethyl adjacent to an activating group) is 2. The number of anilines is 1. The van der Waals surface area contributed by atoms with Crippen LogP contribution in [0.5, 0.6) is 0 Å². The molecule has 3 heterocycles. The van der Waals surface area contributed by atoms with Crippen molar-refractivity contribution in [3.63, 3.8) is 0 Å². The Labute approximate surface area is 146 Å². The fourth-order valence-electron chi connectivity index (χ4n) is 3.58. The SMILES string of the molecule is CCNC(=O)c1ccc(N2CCC3(CC2)C(=O)N(C)C(=O)N3C)nc1. The Hall–Kier alpha value is -2.64. The summed E-state index contributed by atoms with van der Waals surface area (Å²) in [5.41, 5.74) is -0.208. The number of rotatable bonds is 3. The maximum absolute atomic E-state index is 12.5. The topological polar surface area (TPSA) is 85.8 Å². The number of aromatic nitrogens is 1. The van der Waals surface area contributed by atoms with Gasteiger partial charge in [0, 0.05) is 39.9 Å². The van der Waals surface area contributed by atoms with Crippen LogP contribution in [-0.4, -0.2) is 71.9 Å². The quantitative estimate of drug-likeness (QED) is 0.815. The number of carbonyl (C=O) groups excluding carboxylic acids is 3. The molecular formula is C17H23N5O3. The van der Waals surface area contributed by atoms with Crippen LogP contribution >= 0.6 is 0 Å². The van der Waals surface area contributed by atoms with E-state index >= 15 is 0 Å². The molecule has 25 heavy (non-hydrogen) atoms. The van der Waals surface area contributed by atoms with Crippen LogP contribution in [0.1, 0.15) is 30.1 Å². The molecule has 1 aromatic heterocycles. The largest absolute Gasteiger partial charge is 0.356 e. The van der Waals surface area contributed by atoms with Gasteiger partial charge in [0.25, 0.3) is 11.8 Å². The minimum atomic E-state index is -0.733. The highest BCUT2D eigenvalue weighted by Gasteiger charge is 2.55. The van der Waals surface area contributed by atoms with Gasteiger partial charge in [0.2, 0.25) is 0 Å². The summed E-state index contributed by atoms with van der Waals surface area (Å²) in [6.45, 7) is 3.70. The summed E-state index contributed by atoms with van der Waals surface area (Å²) in [5, 5.41) is 2.74. The van der Waals surface area contributed by atoms with E-state index < -0.39 is 5.54 Å². The number of carbonyl (C=O) groups is 3. The molecule has 0 bridgehead atoms. The van der Waals surface area contributed by atoms with Gasteiger partial charge in [0.15, 0.2) is 0 Å². The number of urea groups is 1. The average Bonchev–Trinajstić information content (AvgIpc) is 2.79. The second-order valence-electron chi connectivity index (χ2n) is 6.49. The Balaban J connectivity index is 1.70. The third kappa shape index (κ3) is 2.71. The fraction of sp³-hybridized carbons (Fsp3) is 0.529. The lowest BCUT2D eigenvalue weighted by atomic mass is 9.86. The van der Waals surface area contributed by atoms with E-state index in [1.54, 1.807) is 24.2 Å². The van der Waals surface area contributed by atoms with Crippen LogP contribution in [0.3, 0.4) is 0 Å². The summed E-state index contributed by atoms with van der Waals surface area (Å²) >= 11 is 0. The number of piperidine rings is 1. The summed E-state index contributed by atoms with van der Waals surface area (Å²) in [4.78, 5) is 45.6. The van der Waals surface area contributed by atoms with E-state index in [4.69, 9.17) is 0 Å². The van der Waals surface area contributed by atoms with E-state index in [0.717, 1.165) is 5.82 Å². The van der Waals surface area contributed by atoms with Gasteiger partial charge in [0.1, 0.15) is 11.4 Å². The number of nitrogens with one attached hydrogen (secondary N) is 1. The predicted molar refractivity (Wildman–Crippen MR) is 92.4 cm³/mol. The molecule has 8 nitrogen and oxygen atoms in total. The Kier molecular flexibility index (Phi) is 4.36. The number of pyridine rings is 1. The van der Waals surface area contributed by atoms with Crippen LogP contribution in [0, 0.1) is 0 Å². The lowest BCUT2D eigenvalue weighted by molar-refractivity contribution is -0.133. The number of amides is 4. The summed E-state index contributed by atoms with van der Waals surface area (Å²) in [6, 6.07) is 3.32. The van der Waals surface area contributed by atoms with Crippen LogP contribution in [-0.2, 0) is 4.79 Å². The Morgan fingerprint density at radius 3 is 2.40 bits per heavy atom. The van der Waals surface area contributed by atoms with Crippen molar-refractivity contribution in [1.82, 2.24) is 20.1 Å². The van der Waals surface area contributed by atoms with Gasteiger partial charge >= 0.3 is 6.03 Å². The van der Waals surface area contributed by atoms with Gasteiger partial charge in [-0.2, -0.15) is 0 Å². The van der Waals surface area contributed by atoms with E-state index in [-0.39, 0.29) is 17.8 Å². The first kappa shape index (κ1) is 17.2. The highest BCUT2D eigenvalue weighted by atomic mass is 16.2. The van der Waals surface area contributed by atoms with E-state index in [0.29, 0.717) is 38.0 Å². The van der Waals surface area contributed by atoms with Crippen molar-refractivity contribution < 1.29 is 14.4 Å². The molecule has 0 unspecified atom stereocenters. The number of imide groups is 1. The zero-order chi connectivity index (χ0) is 18.2. The van der Waals surface area contributed by atoms with Gasteiger partial charge in [-0.1, -0.05) is 0 Å². The summed E-state index contributed by atoms with van der Waals surface area (Å²) in [7, 11) is 3.22. The van der Waals surface area contributed by atoms with Crippen LogP contribution in [0.25, 0.3) is 0 Å². The molecule has 0 saturated carbocycles. The molecule has 134 valence electrons. The number of nitrogens with zero attached hydrogens (tertiary/aromatic N) is 4. The smallest absolute Gasteiger partial charge is 0.327 e. The number of hydrogen-bond donors (Lipinski definition) is 1. The second kappa shape index (κ2) is 6.34. The fourth-order valence-corrected chi connectivity index (χ4v) is 3.58. The summed E-state index contributed by atoms with van der Waals surface area (Å²) in [6.07, 6.45) is 2.70. The first-order chi connectivity index (χ1) is 11.9. The van der Waals surface area contributed by atoms with Crippen molar-refractivity contribution in [2.24, 2.45) is 0 Å². The first-order valence-electron chi connectivity index (χ1n) is 8.46. The van der Waals surface area contributed by atoms with Crippen LogP contribution in [0.15, 0.2) is 18.3 Å². The minimum Gasteiger partial charge on any atom is -0.356 e. The maximum atomic E-state index is 12.5. The van der Waals surface area contributed by atoms with Crippen molar-refractivity contribution in [3.8, 4) is 0 Å². The molecule has 1 aromatic rings. The molecular weight excluding hydrogens is 322 g/mol. The third-order valence-electron chi connectivity index (χ3n) is 5.18. The van der Waals surface area contributed by atoms with Gasteiger partial charge in [-0.05, 0) is 31.9 Å². The molecule has 1 spiro atoms. The summed E-state index contributed by atoms with van der Waals surface area (Å²) in [5.74, 6) is 0.508. The standard InChI is InChI=1S/C17H23N5O3/c1-4-18-14(23)12-5-6-13(19-11-12)22-9-7-17(8-10-22)15(24)20(2)16(25)21(17)3/h5-6,11H,4,7-10H2,1-3H3,(H,18,23). The average molecular weight is 345 g/mol. The Morgan fingerprint density at radius 1 is 1.24 bits per heavy atom. The molecule has 1 N–H and O–H groups in total. The van der Waals surface area contributed by atoms with Crippen molar-refractivity contribution in [2.45, 2.75) is 25.3 Å². The minimum absolute atomic E-state index is 0.126. The van der Waals surface area contributed by atoms with E-state index in [2.05, 4.69) is 15.2 Å². The van der Waals surface area contributed by atoms with Gasteiger partial charge in [-0.25, -0.2) is 9.78 Å². The molecule has 2 fully saturated rings. The highest BCUT2D eigenvalue weighted by molar-refractivity contribution is 6.06. The third-order valence-corrected chi connectivity index (χ3v) is 5.18. The molecule has 0 aromatic carbocycles. The zero-order valence-corrected chi connectivity index (χ0v) is 14.8. The van der Waals surface area contributed by atoms with Crippen molar-refractivity contribution in [3.05, 3.63) is 23.9 Å². The Bertz CT molecular complexity index is 695. The predicted octanol–water partition coefficient (Wildman–Crippen LogP) is 0.694.